The molecule has 0 fully saturated rings. The van der Waals surface area contributed by atoms with Crippen LogP contribution in [0.1, 0.15) is 18.4 Å². The van der Waals surface area contributed by atoms with Crippen LogP contribution in [0.15, 0.2) is 24.3 Å². The molecule has 2 heteroatoms. The number of nitrogens with one attached hydrogen (secondary N) is 1. The molecule has 1 heterocycles. The van der Waals surface area contributed by atoms with E-state index >= 15 is 0 Å². The molecule has 2 aromatic rings. The molecule has 1 aliphatic rings. The second-order valence-corrected chi connectivity index (χ2v) is 4.18. The topological polar surface area (TPSA) is 28.7 Å². The van der Waals surface area contributed by atoms with Gasteiger partial charge in [0.25, 0.3) is 0 Å². The predicted octanol–water partition coefficient (Wildman–Crippen LogP) is 1.74. The van der Waals surface area contributed by atoms with Gasteiger partial charge in [-0.1, -0.05) is 36.4 Å². The van der Waals surface area contributed by atoms with E-state index in [1.807, 2.05) is 0 Å². The van der Waals surface area contributed by atoms with Crippen molar-refractivity contribution in [3.63, 3.8) is 0 Å². The summed E-state index contributed by atoms with van der Waals surface area (Å²) < 4.78 is 0. The highest BCUT2D eigenvalue weighted by Crippen LogP contribution is 2.17. The summed E-state index contributed by atoms with van der Waals surface area (Å²) >= 11 is 0. The highest BCUT2D eigenvalue weighted by atomic mass is 14.9. The quantitative estimate of drug-likeness (QED) is 0.763. The first kappa shape index (κ1) is 9.40. The molecule has 0 unspecified atom stereocenters. The van der Waals surface area contributed by atoms with E-state index in [0.717, 1.165) is 24.0 Å². The maximum absolute atomic E-state index is 4.64. The SMILES string of the molecule is Cc1ccccc1-c1nc2c([nH]1)=CCCC=2. The van der Waals surface area contributed by atoms with Crippen LogP contribution in [-0.2, 0) is 0 Å². The van der Waals surface area contributed by atoms with E-state index in [1.54, 1.807) is 0 Å². The van der Waals surface area contributed by atoms with Gasteiger partial charge in [-0.05, 0) is 25.3 Å². The minimum Gasteiger partial charge on any atom is -0.338 e. The summed E-state index contributed by atoms with van der Waals surface area (Å²) in [7, 11) is 0. The van der Waals surface area contributed by atoms with E-state index < -0.39 is 0 Å². The molecule has 0 atom stereocenters. The minimum atomic E-state index is 0.984. The van der Waals surface area contributed by atoms with Crippen LogP contribution in [-0.4, -0.2) is 9.97 Å². The maximum Gasteiger partial charge on any atom is 0.138 e. The lowest BCUT2D eigenvalue weighted by Gasteiger charge is -2.00. The third kappa shape index (κ3) is 1.47. The van der Waals surface area contributed by atoms with Gasteiger partial charge in [0.1, 0.15) is 5.82 Å². The fraction of sp³-hybridized carbons (Fsp3) is 0.214. The van der Waals surface area contributed by atoms with E-state index in [0.29, 0.717) is 0 Å². The summed E-state index contributed by atoms with van der Waals surface area (Å²) in [6.45, 7) is 2.12. The smallest absolute Gasteiger partial charge is 0.138 e. The zero-order valence-electron chi connectivity index (χ0n) is 9.33. The molecular formula is C14H14N2. The Morgan fingerprint density at radius 1 is 1.12 bits per heavy atom. The van der Waals surface area contributed by atoms with Crippen molar-refractivity contribution in [3.05, 3.63) is 40.5 Å². The summed E-state index contributed by atoms with van der Waals surface area (Å²) in [4.78, 5) is 8.03. The first-order valence-electron chi connectivity index (χ1n) is 5.67. The normalized spacial score (nSPS) is 13.8. The Morgan fingerprint density at radius 3 is 2.75 bits per heavy atom. The van der Waals surface area contributed by atoms with Crippen molar-refractivity contribution in [2.45, 2.75) is 19.8 Å². The standard InChI is InChI=1S/C14H14N2/c1-10-6-2-3-7-11(10)14-15-12-8-4-5-9-13(12)16-14/h2-3,6-9H,4-5H2,1H3,(H,15,16). The zero-order chi connectivity index (χ0) is 11.0. The molecule has 0 saturated heterocycles. The molecule has 1 N–H and O–H groups in total. The van der Waals surface area contributed by atoms with Gasteiger partial charge in [0.05, 0.1) is 10.7 Å². The predicted molar refractivity (Wildman–Crippen MR) is 66.2 cm³/mol. The van der Waals surface area contributed by atoms with Crippen molar-refractivity contribution in [1.82, 2.24) is 9.97 Å². The maximum atomic E-state index is 4.64. The number of imidazole rings is 1. The number of aromatic amines is 1. The van der Waals surface area contributed by atoms with E-state index in [-0.39, 0.29) is 0 Å². The van der Waals surface area contributed by atoms with E-state index in [9.17, 15) is 0 Å². The second kappa shape index (κ2) is 3.63. The Kier molecular flexibility index (Phi) is 2.13. The molecule has 3 rings (SSSR count). The molecule has 1 aromatic heterocycles. The van der Waals surface area contributed by atoms with Crippen LogP contribution in [0.4, 0.5) is 0 Å². The molecule has 0 bridgehead atoms. The van der Waals surface area contributed by atoms with Gasteiger partial charge in [0, 0.05) is 5.56 Å². The number of benzene rings is 1. The molecule has 80 valence electrons. The fourth-order valence-electron chi connectivity index (χ4n) is 2.13. The van der Waals surface area contributed by atoms with Crippen molar-refractivity contribution in [3.8, 4) is 11.4 Å². The van der Waals surface area contributed by atoms with Gasteiger partial charge in [0.15, 0.2) is 0 Å². The number of aryl methyl sites for hydroxylation is 1. The molecule has 1 aromatic carbocycles. The number of H-pyrrole nitrogens is 1. The molecule has 1 aliphatic carbocycles. The molecule has 16 heavy (non-hydrogen) atoms. The van der Waals surface area contributed by atoms with E-state index in [2.05, 4.69) is 53.3 Å². The lowest BCUT2D eigenvalue weighted by molar-refractivity contribution is 1.09. The zero-order valence-corrected chi connectivity index (χ0v) is 9.33. The van der Waals surface area contributed by atoms with Crippen LogP contribution >= 0.6 is 0 Å². The second-order valence-electron chi connectivity index (χ2n) is 4.18. The highest BCUT2D eigenvalue weighted by Gasteiger charge is 2.05. The van der Waals surface area contributed by atoms with Gasteiger partial charge in [-0.3, -0.25) is 0 Å². The van der Waals surface area contributed by atoms with Crippen LogP contribution in [0.25, 0.3) is 23.5 Å². The van der Waals surface area contributed by atoms with E-state index in [4.69, 9.17) is 0 Å². The molecule has 0 aliphatic heterocycles. The van der Waals surface area contributed by atoms with Crippen molar-refractivity contribution in [2.24, 2.45) is 0 Å². The largest absolute Gasteiger partial charge is 0.338 e. The van der Waals surface area contributed by atoms with Crippen LogP contribution in [0, 0.1) is 6.92 Å². The number of hydrogen-bond acceptors (Lipinski definition) is 1. The molecular weight excluding hydrogens is 196 g/mol. The summed E-state index contributed by atoms with van der Waals surface area (Å²) in [6.07, 6.45) is 6.64. The molecule has 0 radical (unpaired) electrons. The Bertz CT molecular complexity index is 601. The number of rotatable bonds is 1. The lowest BCUT2D eigenvalue weighted by Crippen LogP contribution is -2.26. The monoisotopic (exact) mass is 210 g/mol. The fourth-order valence-corrected chi connectivity index (χ4v) is 2.13. The van der Waals surface area contributed by atoms with Gasteiger partial charge >= 0.3 is 0 Å². The van der Waals surface area contributed by atoms with E-state index in [1.165, 1.54) is 16.5 Å². The molecule has 0 spiro atoms. The highest BCUT2D eigenvalue weighted by molar-refractivity contribution is 5.60. The average Bonchev–Trinajstić information content (AvgIpc) is 2.73. The minimum absolute atomic E-state index is 0.984. The Morgan fingerprint density at radius 2 is 1.94 bits per heavy atom. The van der Waals surface area contributed by atoms with Gasteiger partial charge in [-0.25, -0.2) is 4.98 Å². The summed E-state index contributed by atoms with van der Waals surface area (Å²) in [5, 5.41) is 2.27. The Balaban J connectivity index is 2.23. The summed E-state index contributed by atoms with van der Waals surface area (Å²) in [5.74, 6) is 0.984. The van der Waals surface area contributed by atoms with Crippen LogP contribution < -0.4 is 10.7 Å². The van der Waals surface area contributed by atoms with Crippen molar-refractivity contribution >= 4 is 12.2 Å². The first-order chi connectivity index (χ1) is 7.84. The number of nitrogens with zero attached hydrogens (tertiary/aromatic N) is 1. The van der Waals surface area contributed by atoms with Gasteiger partial charge in [-0.15, -0.1) is 0 Å². The Hall–Kier alpha value is -1.83. The van der Waals surface area contributed by atoms with Crippen LogP contribution in [0.3, 0.4) is 0 Å². The van der Waals surface area contributed by atoms with Crippen molar-refractivity contribution in [2.75, 3.05) is 0 Å². The van der Waals surface area contributed by atoms with Gasteiger partial charge in [0.2, 0.25) is 0 Å². The first-order valence-corrected chi connectivity index (χ1v) is 5.67. The third-order valence-electron chi connectivity index (χ3n) is 3.01. The average molecular weight is 210 g/mol. The number of hydrogen-bond donors (Lipinski definition) is 1. The van der Waals surface area contributed by atoms with Crippen molar-refractivity contribution < 1.29 is 0 Å². The number of aromatic nitrogens is 2. The third-order valence-corrected chi connectivity index (χ3v) is 3.01. The van der Waals surface area contributed by atoms with Crippen LogP contribution in [0.5, 0.6) is 0 Å². The van der Waals surface area contributed by atoms with Crippen molar-refractivity contribution in [1.29, 1.82) is 0 Å². The molecule has 0 amide bonds. The number of fused-ring (bicyclic) bond motifs is 1. The Labute approximate surface area is 94.4 Å². The summed E-state index contributed by atoms with van der Waals surface area (Å²) in [6, 6.07) is 8.33. The van der Waals surface area contributed by atoms with Gasteiger partial charge < -0.3 is 4.98 Å². The lowest BCUT2D eigenvalue weighted by atomic mass is 10.1. The van der Waals surface area contributed by atoms with Crippen LogP contribution in [0.2, 0.25) is 0 Å². The molecule has 2 nitrogen and oxygen atoms in total. The summed E-state index contributed by atoms with van der Waals surface area (Å²) in [5.41, 5.74) is 2.45. The van der Waals surface area contributed by atoms with Gasteiger partial charge in [-0.2, -0.15) is 0 Å². The molecule has 0 saturated carbocycles.